The van der Waals surface area contributed by atoms with Gasteiger partial charge < -0.3 is 19.5 Å². The highest BCUT2D eigenvalue weighted by atomic mass is 16.5. The molecular formula is C13H23N3O3. The fourth-order valence-electron chi connectivity index (χ4n) is 1.81. The van der Waals surface area contributed by atoms with Crippen LogP contribution in [0.15, 0.2) is 6.20 Å². The number of aromatic nitrogens is 2. The van der Waals surface area contributed by atoms with Gasteiger partial charge >= 0.3 is 0 Å². The lowest BCUT2D eigenvalue weighted by Gasteiger charge is -2.17. The molecule has 0 spiro atoms. The standard InChI is InChI=1S/C13H23N3O3/c1-5-19-8-6-7-10(14-2)12-13(18-4)16-11(17-3)9-15-12/h9-10,14H,5-8H2,1-4H3. The molecular weight excluding hydrogens is 246 g/mol. The minimum atomic E-state index is 0.0915. The Morgan fingerprint density at radius 3 is 2.68 bits per heavy atom. The molecule has 1 unspecified atom stereocenters. The van der Waals surface area contributed by atoms with E-state index in [-0.39, 0.29) is 6.04 Å². The predicted molar refractivity (Wildman–Crippen MR) is 72.7 cm³/mol. The Morgan fingerprint density at radius 2 is 2.11 bits per heavy atom. The Morgan fingerprint density at radius 1 is 1.32 bits per heavy atom. The van der Waals surface area contributed by atoms with Crippen molar-refractivity contribution in [3.8, 4) is 11.8 Å². The van der Waals surface area contributed by atoms with Gasteiger partial charge in [0.15, 0.2) is 0 Å². The van der Waals surface area contributed by atoms with Crippen molar-refractivity contribution < 1.29 is 14.2 Å². The maximum absolute atomic E-state index is 5.34. The summed E-state index contributed by atoms with van der Waals surface area (Å²) in [7, 11) is 5.04. The minimum Gasteiger partial charge on any atom is -0.480 e. The van der Waals surface area contributed by atoms with Crippen molar-refractivity contribution >= 4 is 0 Å². The van der Waals surface area contributed by atoms with Gasteiger partial charge in [0.05, 0.1) is 26.5 Å². The quantitative estimate of drug-likeness (QED) is 0.686. The van der Waals surface area contributed by atoms with E-state index in [1.807, 2.05) is 14.0 Å². The number of ether oxygens (including phenoxy) is 3. The van der Waals surface area contributed by atoms with Crippen molar-refractivity contribution in [1.29, 1.82) is 0 Å². The molecule has 0 saturated carbocycles. The molecule has 6 nitrogen and oxygen atoms in total. The van der Waals surface area contributed by atoms with Gasteiger partial charge in [-0.15, -0.1) is 0 Å². The van der Waals surface area contributed by atoms with Crippen LogP contribution in [0.5, 0.6) is 11.8 Å². The Kier molecular flexibility index (Phi) is 7.14. The summed E-state index contributed by atoms with van der Waals surface area (Å²) in [6.45, 7) is 3.49. The lowest BCUT2D eigenvalue weighted by Crippen LogP contribution is -2.19. The Labute approximate surface area is 114 Å². The molecule has 1 aromatic rings. The van der Waals surface area contributed by atoms with Crippen LogP contribution in [0.1, 0.15) is 31.5 Å². The summed E-state index contributed by atoms with van der Waals surface area (Å²) in [5.74, 6) is 0.944. The molecule has 0 aliphatic carbocycles. The molecule has 0 aliphatic rings. The van der Waals surface area contributed by atoms with Gasteiger partial charge in [0, 0.05) is 13.2 Å². The van der Waals surface area contributed by atoms with Crippen LogP contribution < -0.4 is 14.8 Å². The van der Waals surface area contributed by atoms with Crippen molar-refractivity contribution in [2.24, 2.45) is 0 Å². The van der Waals surface area contributed by atoms with E-state index < -0.39 is 0 Å². The third-order valence-electron chi connectivity index (χ3n) is 2.81. The summed E-state index contributed by atoms with van der Waals surface area (Å²) in [6.07, 6.45) is 3.47. The zero-order chi connectivity index (χ0) is 14.1. The Balaban J connectivity index is 2.73. The first kappa shape index (κ1) is 15.7. The fraction of sp³-hybridized carbons (Fsp3) is 0.692. The molecule has 0 radical (unpaired) electrons. The van der Waals surface area contributed by atoms with Crippen molar-refractivity contribution in [3.63, 3.8) is 0 Å². The molecule has 6 heteroatoms. The molecule has 0 aliphatic heterocycles. The Hall–Kier alpha value is -1.40. The summed E-state index contributed by atoms with van der Waals surface area (Å²) in [5, 5.41) is 3.23. The average molecular weight is 269 g/mol. The number of methoxy groups -OCH3 is 2. The Bertz CT molecular complexity index is 374. The summed E-state index contributed by atoms with van der Waals surface area (Å²) < 4.78 is 15.7. The third-order valence-corrected chi connectivity index (χ3v) is 2.81. The highest BCUT2D eigenvalue weighted by molar-refractivity contribution is 5.25. The first-order valence-corrected chi connectivity index (χ1v) is 6.46. The molecule has 0 saturated heterocycles. The molecule has 0 bridgehead atoms. The second-order valence-electron chi connectivity index (χ2n) is 3.99. The van der Waals surface area contributed by atoms with Crippen molar-refractivity contribution in [2.45, 2.75) is 25.8 Å². The van der Waals surface area contributed by atoms with E-state index >= 15 is 0 Å². The van der Waals surface area contributed by atoms with Gasteiger partial charge in [-0.1, -0.05) is 0 Å². The molecule has 108 valence electrons. The highest BCUT2D eigenvalue weighted by Crippen LogP contribution is 2.25. The van der Waals surface area contributed by atoms with Crippen LogP contribution in [-0.4, -0.2) is 44.4 Å². The lowest BCUT2D eigenvalue weighted by molar-refractivity contribution is 0.141. The van der Waals surface area contributed by atoms with Crippen molar-refractivity contribution in [1.82, 2.24) is 15.3 Å². The molecule has 1 atom stereocenters. The lowest BCUT2D eigenvalue weighted by atomic mass is 10.1. The number of nitrogens with one attached hydrogen (secondary N) is 1. The second-order valence-corrected chi connectivity index (χ2v) is 3.99. The average Bonchev–Trinajstić information content (AvgIpc) is 2.47. The van der Waals surface area contributed by atoms with E-state index in [9.17, 15) is 0 Å². The van der Waals surface area contributed by atoms with E-state index in [0.717, 1.165) is 31.7 Å². The maximum Gasteiger partial charge on any atom is 0.240 e. The molecule has 1 heterocycles. The number of hydrogen-bond donors (Lipinski definition) is 1. The summed E-state index contributed by atoms with van der Waals surface area (Å²) in [4.78, 5) is 8.62. The molecule has 1 N–H and O–H groups in total. The second kappa shape index (κ2) is 8.66. The van der Waals surface area contributed by atoms with E-state index in [4.69, 9.17) is 14.2 Å². The van der Waals surface area contributed by atoms with Crippen LogP contribution in [0.3, 0.4) is 0 Å². The summed E-state index contributed by atoms with van der Waals surface area (Å²) in [6, 6.07) is 0.0915. The van der Waals surface area contributed by atoms with Crippen LogP contribution >= 0.6 is 0 Å². The van der Waals surface area contributed by atoms with Crippen LogP contribution in [0.25, 0.3) is 0 Å². The van der Waals surface area contributed by atoms with Crippen molar-refractivity contribution in [2.75, 3.05) is 34.5 Å². The normalized spacial score (nSPS) is 12.2. The van der Waals surface area contributed by atoms with Gasteiger partial charge in [-0.25, -0.2) is 4.98 Å². The molecule has 0 aromatic carbocycles. The molecule has 1 aromatic heterocycles. The van der Waals surface area contributed by atoms with Gasteiger partial charge in [0.1, 0.15) is 5.69 Å². The maximum atomic E-state index is 5.34. The van der Waals surface area contributed by atoms with E-state index in [1.165, 1.54) is 0 Å². The van der Waals surface area contributed by atoms with E-state index in [1.54, 1.807) is 20.4 Å². The van der Waals surface area contributed by atoms with Crippen molar-refractivity contribution in [3.05, 3.63) is 11.9 Å². The first-order valence-electron chi connectivity index (χ1n) is 6.46. The fourth-order valence-corrected chi connectivity index (χ4v) is 1.81. The molecule has 0 amide bonds. The van der Waals surface area contributed by atoms with Crippen LogP contribution in [0.2, 0.25) is 0 Å². The molecule has 19 heavy (non-hydrogen) atoms. The van der Waals surface area contributed by atoms with Gasteiger partial charge in [-0.2, -0.15) is 4.98 Å². The van der Waals surface area contributed by atoms with E-state index in [2.05, 4.69) is 15.3 Å². The highest BCUT2D eigenvalue weighted by Gasteiger charge is 2.18. The topological polar surface area (TPSA) is 65.5 Å². The van der Waals surface area contributed by atoms with Crippen LogP contribution in [-0.2, 0) is 4.74 Å². The summed E-state index contributed by atoms with van der Waals surface area (Å²) in [5.41, 5.74) is 0.794. The smallest absolute Gasteiger partial charge is 0.240 e. The number of nitrogens with zero attached hydrogens (tertiary/aromatic N) is 2. The first-order chi connectivity index (χ1) is 9.26. The van der Waals surface area contributed by atoms with Crippen LogP contribution in [0, 0.1) is 0 Å². The van der Waals surface area contributed by atoms with E-state index in [0.29, 0.717) is 11.8 Å². The molecule has 1 rings (SSSR count). The van der Waals surface area contributed by atoms with Gasteiger partial charge in [-0.3, -0.25) is 0 Å². The van der Waals surface area contributed by atoms with Gasteiger partial charge in [-0.05, 0) is 26.8 Å². The van der Waals surface area contributed by atoms with Gasteiger partial charge in [0.25, 0.3) is 0 Å². The SMILES string of the molecule is CCOCCCC(NC)c1ncc(OC)nc1OC. The zero-order valence-electron chi connectivity index (χ0n) is 12.1. The number of hydrogen-bond acceptors (Lipinski definition) is 6. The third kappa shape index (κ3) is 4.65. The molecule has 0 fully saturated rings. The minimum absolute atomic E-state index is 0.0915. The predicted octanol–water partition coefficient (Wildman–Crippen LogP) is 1.57. The van der Waals surface area contributed by atoms with Crippen LogP contribution in [0.4, 0.5) is 0 Å². The van der Waals surface area contributed by atoms with Gasteiger partial charge in [0.2, 0.25) is 11.8 Å². The monoisotopic (exact) mass is 269 g/mol. The zero-order valence-corrected chi connectivity index (χ0v) is 12.1. The summed E-state index contributed by atoms with van der Waals surface area (Å²) >= 11 is 0. The largest absolute Gasteiger partial charge is 0.480 e. The number of rotatable bonds is 9.